The van der Waals surface area contributed by atoms with Crippen LogP contribution < -0.4 is 5.32 Å². The second-order valence-electron chi connectivity index (χ2n) is 5.76. The fourth-order valence-electron chi connectivity index (χ4n) is 2.99. The molecule has 112 valence electrons. The molecule has 0 spiro atoms. The van der Waals surface area contributed by atoms with Gasteiger partial charge in [-0.1, -0.05) is 6.92 Å². The van der Waals surface area contributed by atoms with E-state index >= 15 is 0 Å². The lowest BCUT2D eigenvalue weighted by Gasteiger charge is -2.36. The van der Waals surface area contributed by atoms with Gasteiger partial charge in [0.1, 0.15) is 5.82 Å². The largest absolute Gasteiger partial charge is 0.381 e. The number of anilines is 1. The number of halogens is 2. The molecule has 20 heavy (non-hydrogen) atoms. The Bertz CT molecular complexity index is 436. The van der Waals surface area contributed by atoms with Gasteiger partial charge in [0, 0.05) is 17.1 Å². The van der Waals surface area contributed by atoms with Crippen LogP contribution in [0.1, 0.15) is 33.1 Å². The summed E-state index contributed by atoms with van der Waals surface area (Å²) in [7, 11) is 0. The van der Waals surface area contributed by atoms with E-state index in [9.17, 15) is 4.39 Å². The zero-order chi connectivity index (χ0) is 14.5. The molecule has 1 aliphatic rings. The van der Waals surface area contributed by atoms with Gasteiger partial charge in [0.15, 0.2) is 0 Å². The highest BCUT2D eigenvalue weighted by Crippen LogP contribution is 2.27. The van der Waals surface area contributed by atoms with Crippen molar-refractivity contribution in [2.75, 3.05) is 25.0 Å². The summed E-state index contributed by atoms with van der Waals surface area (Å²) in [5.74, 6) is 0.435. The molecular formula is C16H24BrFN2. The van der Waals surface area contributed by atoms with Crippen molar-refractivity contribution in [3.05, 3.63) is 28.5 Å². The summed E-state index contributed by atoms with van der Waals surface area (Å²) in [6.07, 6.45) is 3.73. The van der Waals surface area contributed by atoms with Crippen LogP contribution in [0.2, 0.25) is 0 Å². The maximum atomic E-state index is 13.3. The SMILES string of the molecule is CCCN1CCCC(C(C)Nc2cc(F)ccc2Br)C1. The third-order valence-electron chi connectivity index (χ3n) is 4.10. The fourth-order valence-corrected chi connectivity index (χ4v) is 3.35. The Labute approximate surface area is 129 Å². The molecular weight excluding hydrogens is 319 g/mol. The zero-order valence-electron chi connectivity index (χ0n) is 12.3. The predicted octanol–water partition coefficient (Wildman–Crippen LogP) is 4.51. The summed E-state index contributed by atoms with van der Waals surface area (Å²) in [4.78, 5) is 2.55. The van der Waals surface area contributed by atoms with E-state index in [0.29, 0.717) is 12.0 Å². The Hall–Kier alpha value is -0.610. The van der Waals surface area contributed by atoms with Gasteiger partial charge in [0.05, 0.1) is 5.69 Å². The van der Waals surface area contributed by atoms with Crippen molar-refractivity contribution < 1.29 is 4.39 Å². The lowest BCUT2D eigenvalue weighted by molar-refractivity contribution is 0.165. The van der Waals surface area contributed by atoms with Crippen LogP contribution in [0, 0.1) is 11.7 Å². The van der Waals surface area contributed by atoms with Crippen LogP contribution in [0.15, 0.2) is 22.7 Å². The molecule has 1 N–H and O–H groups in total. The molecule has 0 saturated carbocycles. The van der Waals surface area contributed by atoms with Gasteiger partial charge < -0.3 is 10.2 Å². The van der Waals surface area contributed by atoms with Gasteiger partial charge in [-0.25, -0.2) is 4.39 Å². The standard InChI is InChI=1S/C16H24BrFN2/c1-3-8-20-9-4-5-13(11-20)12(2)19-16-10-14(18)6-7-15(16)17/h6-7,10,12-13,19H,3-5,8-9,11H2,1-2H3. The summed E-state index contributed by atoms with van der Waals surface area (Å²) in [5, 5.41) is 3.47. The van der Waals surface area contributed by atoms with Crippen molar-refractivity contribution in [2.24, 2.45) is 5.92 Å². The Kier molecular flexibility index (Phi) is 5.85. The number of nitrogens with one attached hydrogen (secondary N) is 1. The molecule has 1 heterocycles. The first-order chi connectivity index (χ1) is 9.60. The Morgan fingerprint density at radius 3 is 3.05 bits per heavy atom. The first kappa shape index (κ1) is 15.8. The molecule has 1 fully saturated rings. The fraction of sp³-hybridized carbons (Fsp3) is 0.625. The summed E-state index contributed by atoms with van der Waals surface area (Å²) in [6, 6.07) is 5.15. The summed E-state index contributed by atoms with van der Waals surface area (Å²) in [6.45, 7) is 8.00. The molecule has 2 unspecified atom stereocenters. The van der Waals surface area contributed by atoms with Crippen LogP contribution in [-0.4, -0.2) is 30.6 Å². The highest BCUT2D eigenvalue weighted by Gasteiger charge is 2.24. The second kappa shape index (κ2) is 7.41. The van der Waals surface area contributed by atoms with E-state index < -0.39 is 0 Å². The molecule has 0 radical (unpaired) electrons. The smallest absolute Gasteiger partial charge is 0.125 e. The van der Waals surface area contributed by atoms with E-state index in [1.54, 1.807) is 12.1 Å². The quantitative estimate of drug-likeness (QED) is 0.846. The third-order valence-corrected chi connectivity index (χ3v) is 4.79. The average Bonchev–Trinajstić information content (AvgIpc) is 2.43. The van der Waals surface area contributed by atoms with Crippen molar-refractivity contribution >= 4 is 21.6 Å². The van der Waals surface area contributed by atoms with Gasteiger partial charge in [0.2, 0.25) is 0 Å². The lowest BCUT2D eigenvalue weighted by atomic mass is 9.91. The number of benzene rings is 1. The van der Waals surface area contributed by atoms with E-state index in [0.717, 1.165) is 16.7 Å². The monoisotopic (exact) mass is 342 g/mol. The summed E-state index contributed by atoms with van der Waals surface area (Å²) in [5.41, 5.74) is 0.852. The minimum atomic E-state index is -0.195. The van der Waals surface area contributed by atoms with E-state index in [1.807, 2.05) is 0 Å². The number of piperidine rings is 1. The molecule has 0 aliphatic carbocycles. The number of likely N-dealkylation sites (tertiary alicyclic amines) is 1. The summed E-state index contributed by atoms with van der Waals surface area (Å²) < 4.78 is 14.3. The normalized spacial score (nSPS) is 21.7. The third kappa shape index (κ3) is 4.19. The molecule has 0 aromatic heterocycles. The maximum Gasteiger partial charge on any atom is 0.125 e. The molecule has 1 aromatic carbocycles. The first-order valence-corrected chi connectivity index (χ1v) is 8.33. The van der Waals surface area contributed by atoms with Gasteiger partial charge in [-0.05, 0) is 79.3 Å². The molecule has 1 saturated heterocycles. The number of nitrogens with zero attached hydrogens (tertiary/aromatic N) is 1. The predicted molar refractivity (Wildman–Crippen MR) is 86.6 cm³/mol. The number of hydrogen-bond donors (Lipinski definition) is 1. The molecule has 1 aromatic rings. The van der Waals surface area contributed by atoms with Crippen molar-refractivity contribution in [2.45, 2.75) is 39.2 Å². The van der Waals surface area contributed by atoms with Crippen LogP contribution in [-0.2, 0) is 0 Å². The van der Waals surface area contributed by atoms with Crippen LogP contribution in [0.4, 0.5) is 10.1 Å². The minimum Gasteiger partial charge on any atom is -0.381 e. The van der Waals surface area contributed by atoms with Crippen molar-refractivity contribution in [3.8, 4) is 0 Å². The van der Waals surface area contributed by atoms with E-state index in [-0.39, 0.29) is 5.82 Å². The van der Waals surface area contributed by atoms with Crippen LogP contribution >= 0.6 is 15.9 Å². The highest BCUT2D eigenvalue weighted by molar-refractivity contribution is 9.10. The van der Waals surface area contributed by atoms with E-state index in [1.165, 1.54) is 38.4 Å². The minimum absolute atomic E-state index is 0.195. The van der Waals surface area contributed by atoms with Crippen LogP contribution in [0.25, 0.3) is 0 Å². The number of hydrogen-bond acceptors (Lipinski definition) is 2. The van der Waals surface area contributed by atoms with E-state index in [2.05, 4.69) is 40.0 Å². The van der Waals surface area contributed by atoms with Crippen LogP contribution in [0.3, 0.4) is 0 Å². The summed E-state index contributed by atoms with van der Waals surface area (Å²) >= 11 is 3.48. The zero-order valence-corrected chi connectivity index (χ0v) is 13.9. The van der Waals surface area contributed by atoms with Crippen molar-refractivity contribution in [1.82, 2.24) is 4.90 Å². The Morgan fingerprint density at radius 2 is 2.30 bits per heavy atom. The number of rotatable bonds is 5. The Balaban J connectivity index is 1.96. The Morgan fingerprint density at radius 1 is 1.50 bits per heavy atom. The molecule has 2 nitrogen and oxygen atoms in total. The molecule has 2 rings (SSSR count). The van der Waals surface area contributed by atoms with Gasteiger partial charge in [-0.2, -0.15) is 0 Å². The molecule has 4 heteroatoms. The first-order valence-electron chi connectivity index (χ1n) is 7.54. The van der Waals surface area contributed by atoms with Gasteiger partial charge >= 0.3 is 0 Å². The van der Waals surface area contributed by atoms with Crippen LogP contribution in [0.5, 0.6) is 0 Å². The van der Waals surface area contributed by atoms with Gasteiger partial charge in [0.25, 0.3) is 0 Å². The molecule has 0 bridgehead atoms. The average molecular weight is 343 g/mol. The van der Waals surface area contributed by atoms with Gasteiger partial charge in [-0.15, -0.1) is 0 Å². The lowest BCUT2D eigenvalue weighted by Crippen LogP contribution is -2.42. The maximum absolute atomic E-state index is 13.3. The second-order valence-corrected chi connectivity index (χ2v) is 6.61. The van der Waals surface area contributed by atoms with E-state index in [4.69, 9.17) is 0 Å². The van der Waals surface area contributed by atoms with Crippen molar-refractivity contribution in [1.29, 1.82) is 0 Å². The highest BCUT2D eigenvalue weighted by atomic mass is 79.9. The van der Waals surface area contributed by atoms with Gasteiger partial charge in [-0.3, -0.25) is 0 Å². The molecule has 2 atom stereocenters. The van der Waals surface area contributed by atoms with Crippen molar-refractivity contribution in [3.63, 3.8) is 0 Å². The molecule has 1 aliphatic heterocycles. The molecule has 0 amide bonds. The topological polar surface area (TPSA) is 15.3 Å².